The third-order valence-electron chi connectivity index (χ3n) is 2.56. The van der Waals surface area contributed by atoms with Gasteiger partial charge in [-0.05, 0) is 29.3 Å². The fraction of sp³-hybridized carbons (Fsp3) is 0.200. The van der Waals surface area contributed by atoms with Gasteiger partial charge in [-0.25, -0.2) is 4.79 Å². The predicted octanol–water partition coefficient (Wildman–Crippen LogP) is 3.47. The Balaban J connectivity index is 0.00000106. The molecule has 0 radical (unpaired) electrons. The van der Waals surface area contributed by atoms with Gasteiger partial charge in [-0.15, -0.1) is 0 Å². The van der Waals surface area contributed by atoms with Crippen molar-refractivity contribution in [3.8, 4) is 11.1 Å². The van der Waals surface area contributed by atoms with Gasteiger partial charge >= 0.3 is 5.97 Å². The zero-order chi connectivity index (χ0) is 15.8. The van der Waals surface area contributed by atoms with Crippen molar-refractivity contribution in [2.75, 3.05) is 7.11 Å². The summed E-state index contributed by atoms with van der Waals surface area (Å²) in [6.45, 7) is 4.00. The molecule has 0 unspecified atom stereocenters. The lowest BCUT2D eigenvalue weighted by molar-refractivity contribution is -0.384. The van der Waals surface area contributed by atoms with E-state index in [1.54, 1.807) is 30.6 Å². The fourth-order valence-corrected chi connectivity index (χ4v) is 1.66. The van der Waals surface area contributed by atoms with E-state index in [1.807, 2.05) is 13.8 Å². The van der Waals surface area contributed by atoms with E-state index < -0.39 is 10.9 Å². The SMILES string of the molecule is CC.COC(=O)c1cc(-c2ccncc2)cc([N+](=O)[O-])c1. The maximum absolute atomic E-state index is 11.5. The van der Waals surface area contributed by atoms with Gasteiger partial charge in [-0.1, -0.05) is 13.8 Å². The minimum atomic E-state index is -0.612. The van der Waals surface area contributed by atoms with Crippen LogP contribution in [0.25, 0.3) is 11.1 Å². The zero-order valence-electron chi connectivity index (χ0n) is 12.1. The van der Waals surface area contributed by atoms with Crippen molar-refractivity contribution in [1.29, 1.82) is 0 Å². The number of esters is 1. The van der Waals surface area contributed by atoms with E-state index in [-0.39, 0.29) is 11.3 Å². The van der Waals surface area contributed by atoms with Crippen LogP contribution in [0.15, 0.2) is 42.7 Å². The number of benzene rings is 1. The number of non-ortho nitro benzene ring substituents is 1. The summed E-state index contributed by atoms with van der Waals surface area (Å²) in [4.78, 5) is 25.7. The van der Waals surface area contributed by atoms with Gasteiger partial charge in [0.25, 0.3) is 5.69 Å². The molecular formula is C15H16N2O4. The molecule has 0 spiro atoms. The number of nitrogens with zero attached hydrogens (tertiary/aromatic N) is 2. The normalized spacial score (nSPS) is 9.29. The molecule has 0 saturated carbocycles. The Morgan fingerprint density at radius 2 is 1.76 bits per heavy atom. The summed E-state index contributed by atoms with van der Waals surface area (Å²) in [6, 6.07) is 7.56. The summed E-state index contributed by atoms with van der Waals surface area (Å²) in [5, 5.41) is 10.9. The van der Waals surface area contributed by atoms with Gasteiger partial charge in [0.15, 0.2) is 0 Å². The van der Waals surface area contributed by atoms with Crippen LogP contribution in [-0.2, 0) is 4.74 Å². The first kappa shape index (κ1) is 16.3. The number of nitro groups is 1. The van der Waals surface area contributed by atoms with Crippen LogP contribution < -0.4 is 0 Å². The number of pyridine rings is 1. The second-order valence-electron chi connectivity index (χ2n) is 3.75. The van der Waals surface area contributed by atoms with Gasteiger partial charge < -0.3 is 4.74 Å². The Hall–Kier alpha value is -2.76. The second-order valence-corrected chi connectivity index (χ2v) is 3.75. The van der Waals surface area contributed by atoms with Crippen LogP contribution in [0.4, 0.5) is 5.69 Å². The zero-order valence-corrected chi connectivity index (χ0v) is 12.1. The van der Waals surface area contributed by atoms with E-state index in [2.05, 4.69) is 9.72 Å². The quantitative estimate of drug-likeness (QED) is 0.490. The molecule has 0 N–H and O–H groups in total. The van der Waals surface area contributed by atoms with E-state index in [1.165, 1.54) is 19.2 Å². The predicted molar refractivity (Wildman–Crippen MR) is 79.0 cm³/mol. The summed E-state index contributed by atoms with van der Waals surface area (Å²) >= 11 is 0. The lowest BCUT2D eigenvalue weighted by Gasteiger charge is -2.04. The lowest BCUT2D eigenvalue weighted by atomic mass is 10.0. The second kappa shape index (κ2) is 7.74. The van der Waals surface area contributed by atoms with Crippen LogP contribution in [0.5, 0.6) is 0 Å². The Kier molecular flexibility index (Phi) is 6.00. The van der Waals surface area contributed by atoms with Crippen LogP contribution in [0.1, 0.15) is 24.2 Å². The number of rotatable bonds is 3. The average molecular weight is 288 g/mol. The van der Waals surface area contributed by atoms with Gasteiger partial charge in [-0.3, -0.25) is 15.1 Å². The monoisotopic (exact) mass is 288 g/mol. The number of carbonyl (C=O) groups excluding carboxylic acids is 1. The van der Waals surface area contributed by atoms with Gasteiger partial charge in [0.05, 0.1) is 17.6 Å². The standard InChI is InChI=1S/C13H10N2O4.C2H6/c1-19-13(16)11-6-10(7-12(8-11)15(17)18)9-2-4-14-5-3-9;1-2/h2-8H,1H3;1-2H3. The highest BCUT2D eigenvalue weighted by Gasteiger charge is 2.15. The summed E-state index contributed by atoms with van der Waals surface area (Å²) in [5.74, 6) is -0.612. The Morgan fingerprint density at radius 1 is 1.14 bits per heavy atom. The molecule has 2 rings (SSSR count). The summed E-state index contributed by atoms with van der Waals surface area (Å²) in [7, 11) is 1.23. The highest BCUT2D eigenvalue weighted by Crippen LogP contribution is 2.26. The summed E-state index contributed by atoms with van der Waals surface area (Å²) in [6.07, 6.45) is 3.15. The smallest absolute Gasteiger partial charge is 0.338 e. The van der Waals surface area contributed by atoms with E-state index in [9.17, 15) is 14.9 Å². The molecule has 0 aliphatic heterocycles. The lowest BCUT2D eigenvalue weighted by Crippen LogP contribution is -2.02. The molecule has 0 aliphatic carbocycles. The van der Waals surface area contributed by atoms with Crippen molar-refractivity contribution in [3.05, 3.63) is 58.4 Å². The highest BCUT2D eigenvalue weighted by molar-refractivity contribution is 5.92. The molecule has 1 heterocycles. The Morgan fingerprint density at radius 3 is 2.29 bits per heavy atom. The number of nitro benzene ring substituents is 1. The van der Waals surface area contributed by atoms with Gasteiger partial charge in [-0.2, -0.15) is 0 Å². The topological polar surface area (TPSA) is 82.3 Å². The van der Waals surface area contributed by atoms with Gasteiger partial charge in [0, 0.05) is 24.5 Å². The highest BCUT2D eigenvalue weighted by atomic mass is 16.6. The van der Waals surface area contributed by atoms with Crippen molar-refractivity contribution in [2.24, 2.45) is 0 Å². The van der Waals surface area contributed by atoms with Crippen molar-refractivity contribution in [2.45, 2.75) is 13.8 Å². The molecular weight excluding hydrogens is 272 g/mol. The molecule has 1 aromatic heterocycles. The Labute approximate surface area is 122 Å². The van der Waals surface area contributed by atoms with Crippen LogP contribution in [0, 0.1) is 10.1 Å². The molecule has 6 nitrogen and oxygen atoms in total. The largest absolute Gasteiger partial charge is 0.465 e. The molecule has 0 atom stereocenters. The number of hydrogen-bond donors (Lipinski definition) is 0. The molecule has 1 aromatic carbocycles. The number of hydrogen-bond acceptors (Lipinski definition) is 5. The molecule has 2 aromatic rings. The van der Waals surface area contributed by atoms with Gasteiger partial charge in [0.1, 0.15) is 0 Å². The number of aromatic nitrogens is 1. The molecule has 0 fully saturated rings. The van der Waals surface area contributed by atoms with E-state index in [0.29, 0.717) is 5.56 Å². The minimum absolute atomic E-state index is 0.142. The third-order valence-corrected chi connectivity index (χ3v) is 2.56. The molecule has 21 heavy (non-hydrogen) atoms. The minimum Gasteiger partial charge on any atom is -0.465 e. The van der Waals surface area contributed by atoms with Crippen LogP contribution >= 0.6 is 0 Å². The van der Waals surface area contributed by atoms with Crippen molar-refractivity contribution in [1.82, 2.24) is 4.98 Å². The number of carbonyl (C=O) groups is 1. The van der Waals surface area contributed by atoms with Crippen LogP contribution in [-0.4, -0.2) is 23.0 Å². The van der Waals surface area contributed by atoms with Crippen molar-refractivity contribution >= 4 is 11.7 Å². The van der Waals surface area contributed by atoms with E-state index >= 15 is 0 Å². The van der Waals surface area contributed by atoms with Crippen LogP contribution in [0.2, 0.25) is 0 Å². The third kappa shape index (κ3) is 4.10. The van der Waals surface area contributed by atoms with Crippen molar-refractivity contribution < 1.29 is 14.5 Å². The first-order valence-electron chi connectivity index (χ1n) is 6.40. The Bertz CT molecular complexity index is 627. The summed E-state index contributed by atoms with van der Waals surface area (Å²) < 4.78 is 4.59. The van der Waals surface area contributed by atoms with Crippen molar-refractivity contribution in [3.63, 3.8) is 0 Å². The molecule has 110 valence electrons. The first-order valence-corrected chi connectivity index (χ1v) is 6.40. The average Bonchev–Trinajstić information content (AvgIpc) is 2.56. The number of ether oxygens (including phenoxy) is 1. The fourth-order valence-electron chi connectivity index (χ4n) is 1.66. The maximum atomic E-state index is 11.5. The first-order chi connectivity index (χ1) is 10.1. The molecule has 0 aliphatic rings. The van der Waals surface area contributed by atoms with Crippen LogP contribution in [0.3, 0.4) is 0 Å². The molecule has 6 heteroatoms. The molecule has 0 saturated heterocycles. The van der Waals surface area contributed by atoms with Gasteiger partial charge in [0.2, 0.25) is 0 Å². The number of methoxy groups -OCH3 is 1. The maximum Gasteiger partial charge on any atom is 0.338 e. The van der Waals surface area contributed by atoms with E-state index in [4.69, 9.17) is 0 Å². The molecule has 0 bridgehead atoms. The summed E-state index contributed by atoms with van der Waals surface area (Å²) in [5.41, 5.74) is 1.29. The van der Waals surface area contributed by atoms with E-state index in [0.717, 1.165) is 5.56 Å². The molecule has 0 amide bonds.